The lowest BCUT2D eigenvalue weighted by Gasteiger charge is -2.03. The van der Waals surface area contributed by atoms with Crippen molar-refractivity contribution in [2.75, 3.05) is 12.4 Å². The third kappa shape index (κ3) is 3.25. The van der Waals surface area contributed by atoms with Crippen LogP contribution in [0, 0.1) is 0 Å². The van der Waals surface area contributed by atoms with Crippen molar-refractivity contribution in [2.45, 2.75) is 6.92 Å². The summed E-state index contributed by atoms with van der Waals surface area (Å²) in [5, 5.41) is 2.42. The third-order valence-corrected chi connectivity index (χ3v) is 2.00. The van der Waals surface area contributed by atoms with Gasteiger partial charge in [-0.25, -0.2) is 0 Å². The second-order valence-corrected chi connectivity index (χ2v) is 3.19. The number of methoxy groups -OCH3 is 1. The smallest absolute Gasteiger partial charge is 0.421 e. The lowest BCUT2D eigenvalue weighted by atomic mass is 10.2. The van der Waals surface area contributed by atoms with E-state index >= 15 is 0 Å². The number of nitrogens with one attached hydrogen (secondary N) is 1. The highest BCUT2D eigenvalue weighted by atomic mass is 16.5. The molecule has 0 aromatic heterocycles. The summed E-state index contributed by atoms with van der Waals surface area (Å²) in [7, 11) is 1.53. The molecule has 1 aromatic carbocycles. The highest BCUT2D eigenvalue weighted by Crippen LogP contribution is 2.14. The lowest BCUT2D eigenvalue weighted by molar-refractivity contribution is -0.121. The van der Waals surface area contributed by atoms with Crippen LogP contribution in [-0.2, 0) is 9.59 Å². The van der Waals surface area contributed by atoms with E-state index in [4.69, 9.17) is 10.3 Å². The molecule has 88 valence electrons. The van der Waals surface area contributed by atoms with Crippen molar-refractivity contribution in [3.05, 3.63) is 29.8 Å². The van der Waals surface area contributed by atoms with E-state index in [1.807, 2.05) is 0 Å². The third-order valence-electron chi connectivity index (χ3n) is 2.00. The van der Waals surface area contributed by atoms with Crippen LogP contribution in [-0.4, -0.2) is 29.3 Å². The van der Waals surface area contributed by atoms with Crippen molar-refractivity contribution >= 4 is 23.1 Å². The molecule has 1 amide bonds. The molecular weight excluding hydrogens is 222 g/mol. The summed E-state index contributed by atoms with van der Waals surface area (Å²) >= 11 is 0. The number of ketones is 1. The molecule has 0 atom stereocenters. The number of hydrogen-bond donors (Lipinski definition) is 1. The van der Waals surface area contributed by atoms with Gasteiger partial charge < -0.3 is 15.6 Å². The van der Waals surface area contributed by atoms with Crippen LogP contribution in [0.2, 0.25) is 0 Å². The predicted octanol–water partition coefficient (Wildman–Crippen LogP) is 0.893. The minimum absolute atomic E-state index is 0.471. The maximum absolute atomic E-state index is 11.5. The van der Waals surface area contributed by atoms with Crippen molar-refractivity contribution in [3.63, 3.8) is 0 Å². The topological polar surface area (TPSA) is 91.8 Å². The summed E-state index contributed by atoms with van der Waals surface area (Å²) < 4.78 is 4.95. The summed E-state index contributed by atoms with van der Waals surface area (Å²) in [6.45, 7) is 1.14. The number of ether oxygens (including phenoxy) is 1. The SMILES string of the molecule is COc1ccc(NC(=O)C(=[N+]=[N-])C(C)=O)cc1. The summed E-state index contributed by atoms with van der Waals surface area (Å²) in [6, 6.07) is 6.51. The lowest BCUT2D eigenvalue weighted by Crippen LogP contribution is -2.29. The molecule has 0 saturated heterocycles. The Kier molecular flexibility index (Phi) is 4.14. The van der Waals surface area contributed by atoms with Crippen LogP contribution >= 0.6 is 0 Å². The van der Waals surface area contributed by atoms with Crippen molar-refractivity contribution in [3.8, 4) is 5.75 Å². The molecule has 0 saturated carbocycles. The van der Waals surface area contributed by atoms with E-state index in [0.29, 0.717) is 11.4 Å². The van der Waals surface area contributed by atoms with Crippen LogP contribution in [0.3, 0.4) is 0 Å². The van der Waals surface area contributed by atoms with Crippen LogP contribution in [0.15, 0.2) is 24.3 Å². The molecule has 6 nitrogen and oxygen atoms in total. The number of carbonyl (C=O) groups is 2. The first-order valence-corrected chi connectivity index (χ1v) is 4.77. The Bertz CT molecular complexity index is 487. The number of hydrogen-bond acceptors (Lipinski definition) is 3. The minimum Gasteiger partial charge on any atom is -0.497 e. The van der Waals surface area contributed by atoms with Gasteiger partial charge in [-0.3, -0.25) is 9.59 Å². The van der Waals surface area contributed by atoms with E-state index in [9.17, 15) is 9.59 Å². The average Bonchev–Trinajstić information content (AvgIpc) is 2.30. The fraction of sp³-hybridized carbons (Fsp3) is 0.182. The molecule has 0 fully saturated rings. The van der Waals surface area contributed by atoms with Gasteiger partial charge in [-0.05, 0) is 24.3 Å². The number of amides is 1. The Morgan fingerprint density at radius 3 is 2.29 bits per heavy atom. The number of anilines is 1. The zero-order valence-electron chi connectivity index (χ0n) is 9.43. The fourth-order valence-corrected chi connectivity index (χ4v) is 1.14. The molecule has 1 aromatic rings. The first-order valence-electron chi connectivity index (χ1n) is 4.77. The van der Waals surface area contributed by atoms with Gasteiger partial charge in [0.1, 0.15) is 5.75 Å². The molecule has 1 N–H and O–H groups in total. The summed E-state index contributed by atoms with van der Waals surface area (Å²) in [6.07, 6.45) is 0. The van der Waals surface area contributed by atoms with Gasteiger partial charge >= 0.3 is 11.6 Å². The first kappa shape index (κ1) is 12.6. The van der Waals surface area contributed by atoms with E-state index in [0.717, 1.165) is 6.92 Å². The van der Waals surface area contributed by atoms with Crippen molar-refractivity contribution < 1.29 is 19.1 Å². The maximum Gasteiger partial charge on any atom is 0.421 e. The van der Waals surface area contributed by atoms with Crippen LogP contribution in [0.4, 0.5) is 5.69 Å². The Balaban J connectivity index is 2.81. The van der Waals surface area contributed by atoms with E-state index in [1.54, 1.807) is 24.3 Å². The quantitative estimate of drug-likeness (QED) is 0.362. The van der Waals surface area contributed by atoms with Gasteiger partial charge in [0.15, 0.2) is 0 Å². The van der Waals surface area contributed by atoms with Gasteiger partial charge in [-0.1, -0.05) is 0 Å². The zero-order valence-corrected chi connectivity index (χ0v) is 9.43. The van der Waals surface area contributed by atoms with E-state index in [2.05, 4.69) is 10.1 Å². The molecule has 0 heterocycles. The van der Waals surface area contributed by atoms with E-state index in [-0.39, 0.29) is 0 Å². The Morgan fingerprint density at radius 2 is 1.88 bits per heavy atom. The number of nitrogens with zero attached hydrogens (tertiary/aromatic N) is 2. The fourth-order valence-electron chi connectivity index (χ4n) is 1.14. The largest absolute Gasteiger partial charge is 0.497 e. The Labute approximate surface area is 97.8 Å². The number of benzene rings is 1. The summed E-state index contributed by atoms with van der Waals surface area (Å²) in [5.41, 5.74) is 8.44. The molecule has 0 aliphatic rings. The van der Waals surface area contributed by atoms with Gasteiger partial charge in [-0.15, -0.1) is 0 Å². The zero-order chi connectivity index (χ0) is 12.8. The maximum atomic E-state index is 11.5. The molecule has 0 radical (unpaired) electrons. The number of rotatable bonds is 4. The Morgan fingerprint density at radius 1 is 1.29 bits per heavy atom. The van der Waals surface area contributed by atoms with E-state index in [1.165, 1.54) is 7.11 Å². The van der Waals surface area contributed by atoms with Crippen LogP contribution in [0.1, 0.15) is 6.92 Å². The highest BCUT2D eigenvalue weighted by Gasteiger charge is 2.25. The highest BCUT2D eigenvalue weighted by molar-refractivity contribution is 6.65. The molecule has 1 rings (SSSR count). The van der Waals surface area contributed by atoms with Crippen molar-refractivity contribution in [1.82, 2.24) is 0 Å². The van der Waals surface area contributed by atoms with Crippen molar-refractivity contribution in [1.29, 1.82) is 0 Å². The summed E-state index contributed by atoms with van der Waals surface area (Å²) in [4.78, 5) is 25.1. The molecule has 0 aliphatic heterocycles. The summed E-state index contributed by atoms with van der Waals surface area (Å²) in [5.74, 6) is -0.728. The van der Waals surface area contributed by atoms with E-state index < -0.39 is 17.4 Å². The minimum atomic E-state index is -0.759. The Hall–Kier alpha value is -2.46. The second kappa shape index (κ2) is 5.58. The number of Topliss-reactive ketones (excluding diaryl/α,β-unsaturated/α-hetero) is 1. The van der Waals surface area contributed by atoms with Crippen LogP contribution in [0.25, 0.3) is 5.53 Å². The molecular formula is C11H11N3O3. The van der Waals surface area contributed by atoms with Crippen LogP contribution in [0.5, 0.6) is 5.75 Å². The second-order valence-electron chi connectivity index (χ2n) is 3.19. The predicted molar refractivity (Wildman–Crippen MR) is 60.9 cm³/mol. The van der Waals surface area contributed by atoms with Crippen LogP contribution < -0.4 is 10.1 Å². The molecule has 0 aliphatic carbocycles. The van der Waals surface area contributed by atoms with Gasteiger partial charge in [0, 0.05) is 12.6 Å². The molecule has 0 bridgehead atoms. The van der Waals surface area contributed by atoms with Gasteiger partial charge in [0.25, 0.3) is 0 Å². The molecule has 0 unspecified atom stereocenters. The standard InChI is InChI=1S/C11H11N3O3/c1-7(15)10(14-12)11(16)13-8-3-5-9(17-2)6-4-8/h3-6H,1-2H3,(H,13,16). The normalized spacial score (nSPS) is 9.06. The first-order chi connectivity index (χ1) is 8.08. The monoisotopic (exact) mass is 233 g/mol. The molecule has 17 heavy (non-hydrogen) atoms. The van der Waals surface area contributed by atoms with Gasteiger partial charge in [0.2, 0.25) is 5.78 Å². The van der Waals surface area contributed by atoms with Crippen molar-refractivity contribution in [2.24, 2.45) is 0 Å². The molecule has 0 spiro atoms. The van der Waals surface area contributed by atoms with Gasteiger partial charge in [-0.2, -0.15) is 4.79 Å². The molecule has 6 heteroatoms. The average molecular weight is 233 g/mol. The number of carbonyl (C=O) groups excluding carboxylic acids is 2. The van der Waals surface area contributed by atoms with Gasteiger partial charge in [0.05, 0.1) is 7.11 Å².